The van der Waals surface area contributed by atoms with Gasteiger partial charge in [-0.25, -0.2) is 4.57 Å². The van der Waals surface area contributed by atoms with Gasteiger partial charge in [-0.05, 0) is 128 Å². The van der Waals surface area contributed by atoms with Crippen molar-refractivity contribution >= 4 is 25.7 Å². The largest absolute Gasteiger partial charge is 0.472 e. The Hall–Kier alpha value is -4.12. The fraction of sp³-hybridized carbons (Fsp3) is 0.671. The van der Waals surface area contributed by atoms with Crippen molar-refractivity contribution in [1.29, 1.82) is 0 Å². The number of aliphatic hydroxyl groups is 1. The highest BCUT2D eigenvalue weighted by atomic mass is 31.2. The lowest BCUT2D eigenvalue weighted by molar-refractivity contribution is -0.161. The molecule has 3 atom stereocenters. The highest BCUT2D eigenvalue weighted by molar-refractivity contribution is 7.47. The normalized spacial score (nSPS) is 14.1. The number of rotatable bonds is 59. The molecule has 2 N–H and O–H groups in total. The molecule has 82 heavy (non-hydrogen) atoms. The summed E-state index contributed by atoms with van der Waals surface area (Å²) in [5, 5.41) is 9.86. The van der Waals surface area contributed by atoms with Crippen LogP contribution in [0.25, 0.3) is 0 Å². The van der Waals surface area contributed by atoms with Gasteiger partial charge in [-0.15, -0.1) is 0 Å². The topological polar surface area (TPSA) is 155 Å². The maximum atomic E-state index is 13.0. The molecule has 0 spiro atoms. The summed E-state index contributed by atoms with van der Waals surface area (Å²) in [7, 11) is -4.77. The second kappa shape index (κ2) is 62.9. The average Bonchev–Trinajstić information content (AvgIpc) is 3.47. The zero-order valence-corrected chi connectivity index (χ0v) is 52.8. The Morgan fingerprint density at radius 2 is 0.634 bits per heavy atom. The summed E-state index contributed by atoms with van der Waals surface area (Å²) in [5.74, 6) is -1.51. The van der Waals surface area contributed by atoms with Crippen LogP contribution in [0.3, 0.4) is 0 Å². The van der Waals surface area contributed by atoms with Crippen molar-refractivity contribution in [3.8, 4) is 0 Å². The first kappa shape index (κ1) is 77.9. The fourth-order valence-electron chi connectivity index (χ4n) is 8.49. The zero-order chi connectivity index (χ0) is 59.8. The highest BCUT2D eigenvalue weighted by Gasteiger charge is 2.28. The molecule has 0 heterocycles. The van der Waals surface area contributed by atoms with Gasteiger partial charge in [0.15, 0.2) is 6.10 Å². The number of hydrogen-bond donors (Lipinski definition) is 2. The van der Waals surface area contributed by atoms with Crippen LogP contribution in [0.2, 0.25) is 0 Å². The molecule has 0 aromatic heterocycles. The van der Waals surface area contributed by atoms with Gasteiger partial charge in [0.25, 0.3) is 0 Å². The molecule has 0 amide bonds. The van der Waals surface area contributed by atoms with Crippen molar-refractivity contribution in [2.24, 2.45) is 0 Å². The van der Waals surface area contributed by atoms with Crippen LogP contribution < -0.4 is 0 Å². The van der Waals surface area contributed by atoms with Gasteiger partial charge < -0.3 is 24.2 Å². The van der Waals surface area contributed by atoms with Gasteiger partial charge in [-0.3, -0.25) is 23.4 Å². The number of phosphoric ester groups is 1. The van der Waals surface area contributed by atoms with Gasteiger partial charge in [0, 0.05) is 19.3 Å². The lowest BCUT2D eigenvalue weighted by Gasteiger charge is -2.21. The number of esters is 3. The van der Waals surface area contributed by atoms with Gasteiger partial charge in [0.2, 0.25) is 0 Å². The predicted octanol–water partition coefficient (Wildman–Crippen LogP) is 19.9. The summed E-state index contributed by atoms with van der Waals surface area (Å²) >= 11 is 0. The zero-order valence-electron chi connectivity index (χ0n) is 51.9. The van der Waals surface area contributed by atoms with Gasteiger partial charge in [-0.1, -0.05) is 239 Å². The predicted molar refractivity (Wildman–Crippen MR) is 343 cm³/mol. The third-order valence-corrected chi connectivity index (χ3v) is 14.3. The molecule has 0 saturated carbocycles. The van der Waals surface area contributed by atoms with Crippen LogP contribution in [-0.4, -0.2) is 66.5 Å². The summed E-state index contributed by atoms with van der Waals surface area (Å²) in [5.41, 5.74) is 0. The van der Waals surface area contributed by atoms with E-state index >= 15 is 0 Å². The summed E-state index contributed by atoms with van der Waals surface area (Å²) in [6, 6.07) is 0. The maximum Gasteiger partial charge on any atom is 0.472 e. The molecule has 468 valence electrons. The minimum Gasteiger partial charge on any atom is -0.462 e. The molecule has 0 aliphatic carbocycles. The molecule has 0 saturated heterocycles. The lowest BCUT2D eigenvalue weighted by atomic mass is 10.1. The molecule has 0 fully saturated rings. The Labute approximate surface area is 500 Å². The molecule has 11 nitrogen and oxygen atoms in total. The Morgan fingerprint density at radius 3 is 0.976 bits per heavy atom. The fourth-order valence-corrected chi connectivity index (χ4v) is 9.27. The molecule has 0 aliphatic rings. The molecule has 0 aromatic rings. The minimum absolute atomic E-state index is 0.141. The van der Waals surface area contributed by atoms with Crippen molar-refractivity contribution in [2.45, 2.75) is 277 Å². The monoisotopic (exact) mass is 1160 g/mol. The van der Waals surface area contributed by atoms with E-state index in [4.69, 9.17) is 23.3 Å². The van der Waals surface area contributed by atoms with Crippen LogP contribution in [0.5, 0.6) is 0 Å². The molecule has 12 heteroatoms. The van der Waals surface area contributed by atoms with E-state index < -0.39 is 57.8 Å². The summed E-state index contributed by atoms with van der Waals surface area (Å²) < 4.78 is 39.7. The number of aliphatic hydroxyl groups excluding tert-OH is 1. The Kier molecular flexibility index (Phi) is 59.8. The standard InChI is InChI=1S/C70H117O11P/c1-4-7-10-13-16-19-22-25-28-31-33-36-38-41-44-47-50-53-56-59-68(72)77-63-67(81-70(74)61-58-55-52-49-46-43-40-37-34-32-29-26-23-20-17-14-11-8-5-2)65-79-82(75,76)78-64-66(62-71)80-69(73)60-57-54-51-48-45-42-39-35-30-27-24-21-18-15-12-9-6-3/h7-8,10-11,16-21,25-30,33-34,36-37,66-67,71H,4-6,9,12-15,22-24,31-32,35,38-65H2,1-3H3,(H,75,76)/b10-7-,11-8-,19-16-,20-17-,21-18-,28-25-,29-26-,30-27-,36-33-,37-34-. The Bertz CT molecular complexity index is 1840. The van der Waals surface area contributed by atoms with E-state index in [-0.39, 0.29) is 25.9 Å². The van der Waals surface area contributed by atoms with Gasteiger partial charge >= 0.3 is 25.7 Å². The number of unbranched alkanes of at least 4 members (excludes halogenated alkanes) is 22. The van der Waals surface area contributed by atoms with Crippen LogP contribution in [0.15, 0.2) is 122 Å². The molecular formula is C70H117O11P. The number of phosphoric acid groups is 1. The van der Waals surface area contributed by atoms with Crippen LogP contribution >= 0.6 is 7.82 Å². The SMILES string of the molecule is CC/C=C\C/C=C\C/C=C\C/C=C\CCCCCCCCC(=O)OCC(COP(=O)(O)OCC(CO)OC(=O)CCCCCCCCC/C=C\C/C=C\CCCCC)OC(=O)CCCCCCCC/C=C\C/C=C\C/C=C\C/C=C\CC. The second-order valence-corrected chi connectivity index (χ2v) is 22.6. The molecule has 0 radical (unpaired) electrons. The van der Waals surface area contributed by atoms with Crippen LogP contribution in [-0.2, 0) is 42.2 Å². The van der Waals surface area contributed by atoms with E-state index in [1.54, 1.807) is 0 Å². The number of carbonyl (C=O) groups is 3. The number of hydrogen-bond acceptors (Lipinski definition) is 10. The van der Waals surface area contributed by atoms with E-state index in [9.17, 15) is 28.9 Å². The first-order chi connectivity index (χ1) is 40.2. The van der Waals surface area contributed by atoms with Gasteiger partial charge in [0.05, 0.1) is 19.8 Å². The maximum absolute atomic E-state index is 13.0. The quantitative estimate of drug-likeness (QED) is 0.0197. The van der Waals surface area contributed by atoms with E-state index in [0.717, 1.165) is 167 Å². The van der Waals surface area contributed by atoms with E-state index in [1.165, 1.54) is 38.5 Å². The highest BCUT2D eigenvalue weighted by Crippen LogP contribution is 2.43. The molecular weight excluding hydrogens is 1050 g/mol. The van der Waals surface area contributed by atoms with Crippen molar-refractivity contribution in [3.63, 3.8) is 0 Å². The number of allylic oxidation sites excluding steroid dienone is 20. The first-order valence-corrected chi connectivity index (χ1v) is 33.9. The second-order valence-electron chi connectivity index (χ2n) is 21.2. The first-order valence-electron chi connectivity index (χ1n) is 32.4. The molecule has 0 rings (SSSR count). The van der Waals surface area contributed by atoms with E-state index in [2.05, 4.69) is 142 Å². The third kappa shape index (κ3) is 60.5. The van der Waals surface area contributed by atoms with Gasteiger partial charge in [0.1, 0.15) is 12.7 Å². The molecule has 3 unspecified atom stereocenters. The smallest absolute Gasteiger partial charge is 0.462 e. The summed E-state index contributed by atoms with van der Waals surface area (Å²) in [6.45, 7) is 4.37. The molecule has 0 bridgehead atoms. The van der Waals surface area contributed by atoms with E-state index in [0.29, 0.717) is 19.3 Å². The Morgan fingerprint density at radius 1 is 0.354 bits per heavy atom. The lowest BCUT2D eigenvalue weighted by Crippen LogP contribution is -2.30. The summed E-state index contributed by atoms with van der Waals surface area (Å²) in [4.78, 5) is 48.8. The van der Waals surface area contributed by atoms with Crippen molar-refractivity contribution in [1.82, 2.24) is 0 Å². The third-order valence-electron chi connectivity index (χ3n) is 13.3. The van der Waals surface area contributed by atoms with Crippen molar-refractivity contribution < 1.29 is 52.2 Å². The molecule has 0 aromatic carbocycles. The average molecular weight is 1170 g/mol. The summed E-state index contributed by atoms with van der Waals surface area (Å²) in [6.07, 6.45) is 78.5. The van der Waals surface area contributed by atoms with Gasteiger partial charge in [-0.2, -0.15) is 0 Å². The minimum atomic E-state index is -4.77. The van der Waals surface area contributed by atoms with Crippen molar-refractivity contribution in [3.05, 3.63) is 122 Å². The van der Waals surface area contributed by atoms with Crippen molar-refractivity contribution in [2.75, 3.05) is 26.4 Å². The van der Waals surface area contributed by atoms with Crippen LogP contribution in [0, 0.1) is 0 Å². The number of carbonyl (C=O) groups excluding carboxylic acids is 3. The Balaban J connectivity index is 4.77. The van der Waals surface area contributed by atoms with Crippen LogP contribution in [0.4, 0.5) is 0 Å². The van der Waals surface area contributed by atoms with Crippen LogP contribution in [0.1, 0.15) is 265 Å². The molecule has 0 aliphatic heterocycles. The number of ether oxygens (including phenoxy) is 3. The van der Waals surface area contributed by atoms with E-state index in [1.807, 2.05) is 0 Å².